The van der Waals surface area contributed by atoms with Crippen LogP contribution in [0.1, 0.15) is 91.1 Å². The van der Waals surface area contributed by atoms with Crippen molar-refractivity contribution in [2.45, 2.75) is 72.1 Å². The van der Waals surface area contributed by atoms with E-state index in [0.29, 0.717) is 18.5 Å². The lowest BCUT2D eigenvalue weighted by molar-refractivity contribution is 0.0650. The third-order valence-electron chi connectivity index (χ3n) is 4.49. The number of nitrogens with two attached hydrogens (primary N) is 2. The summed E-state index contributed by atoms with van der Waals surface area (Å²) in [5, 5.41) is 27.8. The van der Waals surface area contributed by atoms with Crippen LogP contribution < -0.4 is 16.8 Å². The largest absolute Gasteiger partial charge is 0.478 e. The van der Waals surface area contributed by atoms with E-state index in [4.69, 9.17) is 22.0 Å². The minimum absolute atomic E-state index is 0. The van der Waals surface area contributed by atoms with Gasteiger partial charge in [-0.05, 0) is 49.3 Å². The van der Waals surface area contributed by atoms with E-state index in [1.54, 1.807) is 6.07 Å². The van der Waals surface area contributed by atoms with Gasteiger partial charge in [0.15, 0.2) is 11.9 Å². The van der Waals surface area contributed by atoms with Gasteiger partial charge >= 0.3 is 11.9 Å². The molecule has 1 aromatic carbocycles. The second-order valence-corrected chi connectivity index (χ2v) is 7.10. The zero-order valence-electron chi connectivity index (χ0n) is 19.2. The van der Waals surface area contributed by atoms with Crippen LogP contribution in [-0.2, 0) is 12.8 Å². The van der Waals surface area contributed by atoms with Crippen molar-refractivity contribution in [1.82, 2.24) is 5.32 Å². The van der Waals surface area contributed by atoms with Gasteiger partial charge in [0.05, 0.1) is 11.1 Å². The molecule has 0 atom stereocenters. The zero-order valence-corrected chi connectivity index (χ0v) is 20.1. The molecule has 0 aliphatic rings. The fourth-order valence-electron chi connectivity index (χ4n) is 2.89. The summed E-state index contributed by atoms with van der Waals surface area (Å²) in [7, 11) is 0. The highest BCUT2D eigenvalue weighted by molar-refractivity contribution is 6.03. The van der Waals surface area contributed by atoms with Crippen LogP contribution in [0, 0.1) is 5.41 Å². The number of rotatable bonds is 11. The highest BCUT2D eigenvalue weighted by Crippen LogP contribution is 2.24. The van der Waals surface area contributed by atoms with Gasteiger partial charge in [-0.2, -0.15) is 0 Å². The molecular weight excluding hydrogens is 434 g/mol. The highest BCUT2D eigenvalue weighted by atomic mass is 35.5. The summed E-state index contributed by atoms with van der Waals surface area (Å²) in [6.07, 6.45) is 7.32. The molecule has 1 aromatic rings. The molecule has 0 aliphatic heterocycles. The van der Waals surface area contributed by atoms with Gasteiger partial charge in [-0.3, -0.25) is 15.7 Å². The Balaban J connectivity index is 0. The normalized spacial score (nSPS) is 10.4. The van der Waals surface area contributed by atoms with Gasteiger partial charge in [0.1, 0.15) is 0 Å². The molecule has 0 saturated carbocycles. The fraction of sp³-hybridized carbons (Fsp3) is 0.545. The van der Waals surface area contributed by atoms with E-state index in [1.165, 1.54) is 6.07 Å². The van der Waals surface area contributed by atoms with Crippen molar-refractivity contribution in [3.63, 3.8) is 0 Å². The number of halogens is 1. The van der Waals surface area contributed by atoms with Crippen molar-refractivity contribution in [2.75, 3.05) is 6.54 Å². The number of unbranched alkanes of at least 4 members (excludes halogenated alkanes) is 3. The minimum atomic E-state index is -1.18. The first-order valence-corrected chi connectivity index (χ1v) is 10.7. The molecule has 1 rings (SSSR count). The minimum Gasteiger partial charge on any atom is -0.478 e. The number of nitrogens with zero attached hydrogens (tertiary/aromatic N) is 1. The maximum Gasteiger partial charge on any atom is 0.336 e. The van der Waals surface area contributed by atoms with E-state index >= 15 is 0 Å². The molecule has 0 aromatic heterocycles. The van der Waals surface area contributed by atoms with Gasteiger partial charge in [-0.1, -0.05) is 46.1 Å². The van der Waals surface area contributed by atoms with Crippen molar-refractivity contribution < 1.29 is 19.8 Å². The van der Waals surface area contributed by atoms with Gasteiger partial charge in [-0.25, -0.2) is 9.59 Å². The van der Waals surface area contributed by atoms with Crippen LogP contribution in [0.25, 0.3) is 0 Å². The van der Waals surface area contributed by atoms with Gasteiger partial charge in [-0.15, -0.1) is 12.4 Å². The first-order valence-electron chi connectivity index (χ1n) is 10.7. The Labute approximate surface area is 196 Å². The van der Waals surface area contributed by atoms with E-state index in [1.807, 2.05) is 6.92 Å². The number of aromatic carboxylic acids is 2. The van der Waals surface area contributed by atoms with Crippen LogP contribution in [0.2, 0.25) is 0 Å². The van der Waals surface area contributed by atoms with Crippen LogP contribution in [-0.4, -0.2) is 40.6 Å². The lowest BCUT2D eigenvalue weighted by Gasteiger charge is -2.14. The molecule has 0 amide bonds. The average molecular weight is 472 g/mol. The lowest BCUT2D eigenvalue weighted by atomic mass is 9.90. The molecular formula is C22H38ClN5O4. The quantitative estimate of drug-likeness (QED) is 0.161. The average Bonchev–Trinajstić information content (AvgIpc) is 2.70. The Morgan fingerprint density at radius 1 is 0.969 bits per heavy atom. The molecule has 32 heavy (non-hydrogen) atoms. The molecule has 0 fully saturated rings. The standard InChI is InChI=1S/C16H22O4.C6H15N5.ClH/c1-3-5-7-11-9-10-13(15(17)18)14(16(19)20)12(11)8-6-4-2;1-2-3-4-10-6(9)11-5(7)8;/h9-10H,3-8H2,1-2H3,(H,17,18)(H,19,20);2-4H2,1H3,(H6,7,8,9,10,11);1H. The highest BCUT2D eigenvalue weighted by Gasteiger charge is 2.22. The van der Waals surface area contributed by atoms with E-state index in [-0.39, 0.29) is 35.5 Å². The molecule has 0 spiro atoms. The number of hydrogen-bond acceptors (Lipinski definition) is 4. The number of aryl methyl sites for hydroxylation is 1. The number of guanidine groups is 2. The molecule has 0 unspecified atom stereocenters. The van der Waals surface area contributed by atoms with Crippen molar-refractivity contribution >= 4 is 36.3 Å². The smallest absolute Gasteiger partial charge is 0.336 e. The number of carboxylic acids is 2. The van der Waals surface area contributed by atoms with Gasteiger partial charge < -0.3 is 21.7 Å². The first-order chi connectivity index (χ1) is 14.7. The number of aliphatic imine (C=N–C) groups is 1. The maximum absolute atomic E-state index is 11.5. The van der Waals surface area contributed by atoms with Gasteiger partial charge in [0.25, 0.3) is 0 Å². The zero-order chi connectivity index (χ0) is 23.8. The summed E-state index contributed by atoms with van der Waals surface area (Å²) in [5.74, 6) is -2.29. The van der Waals surface area contributed by atoms with Crippen LogP contribution in [0.3, 0.4) is 0 Å². The third-order valence-corrected chi connectivity index (χ3v) is 4.49. The molecule has 182 valence electrons. The maximum atomic E-state index is 11.5. The SMILES string of the molecule is CCCCN=C(N)NC(=N)N.CCCCc1ccc(C(=O)O)c(C(=O)O)c1CCCC.Cl. The van der Waals surface area contributed by atoms with Crippen LogP contribution >= 0.6 is 12.4 Å². The van der Waals surface area contributed by atoms with Crippen molar-refractivity contribution in [1.29, 1.82) is 5.41 Å². The summed E-state index contributed by atoms with van der Waals surface area (Å²) in [4.78, 5) is 26.6. The van der Waals surface area contributed by atoms with E-state index in [0.717, 1.165) is 50.5 Å². The molecule has 0 aliphatic carbocycles. The Kier molecular flexibility index (Phi) is 17.5. The predicted octanol–water partition coefficient (Wildman–Crippen LogP) is 3.77. The fourth-order valence-corrected chi connectivity index (χ4v) is 2.89. The Morgan fingerprint density at radius 3 is 2.00 bits per heavy atom. The molecule has 0 bridgehead atoms. The second kappa shape index (κ2) is 17.8. The molecule has 0 saturated heterocycles. The summed E-state index contributed by atoms with van der Waals surface area (Å²) in [5.41, 5.74) is 11.9. The summed E-state index contributed by atoms with van der Waals surface area (Å²) in [6, 6.07) is 3.20. The van der Waals surface area contributed by atoms with Gasteiger partial charge in [0.2, 0.25) is 0 Å². The van der Waals surface area contributed by atoms with Crippen molar-refractivity contribution in [3.05, 3.63) is 34.4 Å². The van der Waals surface area contributed by atoms with Crippen molar-refractivity contribution in [2.24, 2.45) is 16.5 Å². The van der Waals surface area contributed by atoms with Crippen molar-refractivity contribution in [3.8, 4) is 0 Å². The van der Waals surface area contributed by atoms with Crippen LogP contribution in [0.4, 0.5) is 0 Å². The Hall–Kier alpha value is -2.81. The second-order valence-electron chi connectivity index (χ2n) is 7.10. The monoisotopic (exact) mass is 471 g/mol. The summed E-state index contributed by atoms with van der Waals surface area (Å²) >= 11 is 0. The summed E-state index contributed by atoms with van der Waals surface area (Å²) < 4.78 is 0. The number of carbonyl (C=O) groups is 2. The third kappa shape index (κ3) is 12.1. The van der Waals surface area contributed by atoms with E-state index < -0.39 is 11.9 Å². The molecule has 0 radical (unpaired) electrons. The number of carboxylic acid groups (broad SMARTS) is 2. The number of hydrogen-bond donors (Lipinski definition) is 6. The molecule has 9 nitrogen and oxygen atoms in total. The van der Waals surface area contributed by atoms with E-state index in [2.05, 4.69) is 24.2 Å². The molecule has 0 heterocycles. The van der Waals surface area contributed by atoms with Crippen LogP contribution in [0.15, 0.2) is 17.1 Å². The summed E-state index contributed by atoms with van der Waals surface area (Å²) in [6.45, 7) is 6.87. The first kappa shape index (κ1) is 31.4. The number of nitrogens with one attached hydrogen (secondary N) is 2. The van der Waals surface area contributed by atoms with Crippen LogP contribution in [0.5, 0.6) is 0 Å². The topological polar surface area (TPSA) is 175 Å². The van der Waals surface area contributed by atoms with E-state index in [9.17, 15) is 14.7 Å². The Bertz CT molecular complexity index is 769. The van der Waals surface area contributed by atoms with Gasteiger partial charge in [0, 0.05) is 6.54 Å². The lowest BCUT2D eigenvalue weighted by Crippen LogP contribution is -2.40. The molecule has 10 heteroatoms. The number of benzene rings is 1. The predicted molar refractivity (Wildman–Crippen MR) is 131 cm³/mol. The molecule has 8 N–H and O–H groups in total. The Morgan fingerprint density at radius 2 is 1.53 bits per heavy atom.